The lowest BCUT2D eigenvalue weighted by Crippen LogP contribution is -2.20. The predicted octanol–water partition coefficient (Wildman–Crippen LogP) is 3.54. The molecular formula is C11H14BrClF3NO2. The molecular weight excluding hydrogens is 350 g/mol. The molecule has 0 saturated heterocycles. The van der Waals surface area contributed by atoms with E-state index < -0.39 is 12.4 Å². The highest BCUT2D eigenvalue weighted by Crippen LogP contribution is 2.33. The largest absolute Gasteiger partial charge is 0.573 e. The van der Waals surface area contributed by atoms with Crippen LogP contribution in [0.2, 0.25) is 0 Å². The van der Waals surface area contributed by atoms with Gasteiger partial charge < -0.3 is 15.6 Å². The van der Waals surface area contributed by atoms with Gasteiger partial charge in [-0.3, -0.25) is 0 Å². The standard InChI is InChI=1S/C11H13BrF3NO2.ClH/c12-7-3-4-10(18-11(13,14)15)8(6-7)9(16)2-1-5-17;/h3-4,6,9,17H,1-2,5,16H2;1H/t9-;/m1./s1. The molecule has 0 heterocycles. The van der Waals surface area contributed by atoms with Crippen LogP contribution in [0, 0.1) is 0 Å². The van der Waals surface area contributed by atoms with E-state index in [1.807, 2.05) is 0 Å². The van der Waals surface area contributed by atoms with Crippen molar-refractivity contribution in [3.05, 3.63) is 28.2 Å². The molecule has 0 fully saturated rings. The number of aliphatic hydroxyl groups is 1. The van der Waals surface area contributed by atoms with E-state index in [-0.39, 0.29) is 30.3 Å². The van der Waals surface area contributed by atoms with Crippen LogP contribution in [0.1, 0.15) is 24.4 Å². The maximum absolute atomic E-state index is 12.2. The zero-order chi connectivity index (χ0) is 13.8. The topological polar surface area (TPSA) is 55.5 Å². The fourth-order valence-electron chi connectivity index (χ4n) is 1.49. The highest BCUT2D eigenvalue weighted by Gasteiger charge is 2.32. The Labute approximate surface area is 123 Å². The van der Waals surface area contributed by atoms with Crippen LogP contribution in [0.3, 0.4) is 0 Å². The van der Waals surface area contributed by atoms with Gasteiger partial charge in [0.05, 0.1) is 0 Å². The molecule has 19 heavy (non-hydrogen) atoms. The Morgan fingerprint density at radius 3 is 2.53 bits per heavy atom. The lowest BCUT2D eigenvalue weighted by molar-refractivity contribution is -0.275. The van der Waals surface area contributed by atoms with Crippen molar-refractivity contribution < 1.29 is 23.0 Å². The molecule has 3 N–H and O–H groups in total. The molecule has 0 unspecified atom stereocenters. The van der Waals surface area contributed by atoms with Gasteiger partial charge in [0.15, 0.2) is 0 Å². The molecule has 1 aromatic carbocycles. The van der Waals surface area contributed by atoms with Gasteiger partial charge in [-0.15, -0.1) is 25.6 Å². The van der Waals surface area contributed by atoms with E-state index in [2.05, 4.69) is 20.7 Å². The van der Waals surface area contributed by atoms with Gasteiger partial charge in [0.1, 0.15) is 5.75 Å². The van der Waals surface area contributed by atoms with Crippen molar-refractivity contribution in [1.82, 2.24) is 0 Å². The summed E-state index contributed by atoms with van der Waals surface area (Å²) in [7, 11) is 0. The van der Waals surface area contributed by atoms with Gasteiger partial charge in [-0.05, 0) is 31.0 Å². The third-order valence-corrected chi connectivity index (χ3v) is 2.76. The normalized spacial score (nSPS) is 12.7. The maximum Gasteiger partial charge on any atom is 0.573 e. The zero-order valence-corrected chi connectivity index (χ0v) is 12.2. The van der Waals surface area contributed by atoms with Crippen LogP contribution < -0.4 is 10.5 Å². The van der Waals surface area contributed by atoms with Crippen molar-refractivity contribution in [1.29, 1.82) is 0 Å². The summed E-state index contributed by atoms with van der Waals surface area (Å²) in [6, 6.07) is 3.53. The molecule has 0 bridgehead atoms. The van der Waals surface area contributed by atoms with E-state index in [4.69, 9.17) is 10.8 Å². The van der Waals surface area contributed by atoms with Gasteiger partial charge in [-0.25, -0.2) is 0 Å². The van der Waals surface area contributed by atoms with Crippen LogP contribution in [-0.2, 0) is 0 Å². The summed E-state index contributed by atoms with van der Waals surface area (Å²) < 4.78 is 41.2. The van der Waals surface area contributed by atoms with Gasteiger partial charge in [-0.1, -0.05) is 15.9 Å². The minimum Gasteiger partial charge on any atom is -0.405 e. The summed E-state index contributed by atoms with van der Waals surface area (Å²) >= 11 is 3.17. The Hall–Kier alpha value is -0.500. The highest BCUT2D eigenvalue weighted by atomic mass is 79.9. The first-order valence-corrected chi connectivity index (χ1v) is 6.04. The first-order chi connectivity index (χ1) is 8.33. The first-order valence-electron chi connectivity index (χ1n) is 5.25. The minimum atomic E-state index is -4.75. The van der Waals surface area contributed by atoms with E-state index in [1.165, 1.54) is 18.2 Å². The van der Waals surface area contributed by atoms with Crippen molar-refractivity contribution in [3.63, 3.8) is 0 Å². The molecule has 0 aromatic heterocycles. The van der Waals surface area contributed by atoms with Crippen molar-refractivity contribution in [3.8, 4) is 5.75 Å². The van der Waals surface area contributed by atoms with Crippen LogP contribution in [0.15, 0.2) is 22.7 Å². The van der Waals surface area contributed by atoms with Crippen LogP contribution in [0.4, 0.5) is 13.2 Å². The van der Waals surface area contributed by atoms with E-state index in [1.54, 1.807) is 0 Å². The van der Waals surface area contributed by atoms with Gasteiger partial charge in [0, 0.05) is 22.7 Å². The summed E-state index contributed by atoms with van der Waals surface area (Å²) in [6.07, 6.45) is -3.96. The van der Waals surface area contributed by atoms with Crippen LogP contribution in [0.5, 0.6) is 5.75 Å². The lowest BCUT2D eigenvalue weighted by Gasteiger charge is -2.18. The van der Waals surface area contributed by atoms with E-state index in [9.17, 15) is 13.2 Å². The number of hydrogen-bond acceptors (Lipinski definition) is 3. The molecule has 110 valence electrons. The average molecular weight is 365 g/mol. The number of benzene rings is 1. The number of halogens is 5. The second-order valence-corrected chi connectivity index (χ2v) is 4.62. The van der Waals surface area contributed by atoms with Crippen molar-refractivity contribution >= 4 is 28.3 Å². The van der Waals surface area contributed by atoms with Gasteiger partial charge >= 0.3 is 6.36 Å². The molecule has 0 amide bonds. The highest BCUT2D eigenvalue weighted by molar-refractivity contribution is 9.10. The van der Waals surface area contributed by atoms with Gasteiger partial charge in [0.2, 0.25) is 0 Å². The zero-order valence-electron chi connectivity index (χ0n) is 9.78. The van der Waals surface area contributed by atoms with Gasteiger partial charge in [0.25, 0.3) is 0 Å². The fraction of sp³-hybridized carbons (Fsp3) is 0.455. The van der Waals surface area contributed by atoms with E-state index in [0.29, 0.717) is 17.3 Å². The SMILES string of the molecule is Cl.N[C@H](CCCO)c1cc(Br)ccc1OC(F)(F)F. The third-order valence-electron chi connectivity index (χ3n) is 2.27. The molecule has 0 aliphatic heterocycles. The Kier molecular flexibility index (Phi) is 7.73. The quantitative estimate of drug-likeness (QED) is 0.840. The summed E-state index contributed by atoms with van der Waals surface area (Å²) in [5.74, 6) is -0.309. The number of hydrogen-bond donors (Lipinski definition) is 2. The minimum absolute atomic E-state index is 0. The van der Waals surface area contributed by atoms with Crippen LogP contribution in [-0.4, -0.2) is 18.1 Å². The molecule has 0 saturated carbocycles. The lowest BCUT2D eigenvalue weighted by atomic mass is 10.0. The number of nitrogens with two attached hydrogens (primary N) is 1. The molecule has 3 nitrogen and oxygen atoms in total. The second kappa shape index (κ2) is 7.94. The summed E-state index contributed by atoms with van der Waals surface area (Å²) in [6.45, 7) is -0.0584. The Bertz CT molecular complexity index is 404. The number of rotatable bonds is 5. The molecule has 0 aliphatic carbocycles. The summed E-state index contributed by atoms with van der Waals surface area (Å²) in [5.41, 5.74) is 6.05. The number of ether oxygens (including phenoxy) is 1. The Morgan fingerprint density at radius 1 is 1.37 bits per heavy atom. The average Bonchev–Trinajstić information content (AvgIpc) is 2.26. The fourth-order valence-corrected chi connectivity index (χ4v) is 1.87. The predicted molar refractivity (Wildman–Crippen MR) is 71.3 cm³/mol. The van der Waals surface area contributed by atoms with Gasteiger partial charge in [-0.2, -0.15) is 0 Å². The smallest absolute Gasteiger partial charge is 0.405 e. The number of alkyl halides is 3. The monoisotopic (exact) mass is 363 g/mol. The third kappa shape index (κ3) is 6.47. The van der Waals surface area contributed by atoms with E-state index in [0.717, 1.165) is 0 Å². The molecule has 0 aliphatic rings. The molecule has 0 radical (unpaired) electrons. The first kappa shape index (κ1) is 18.5. The maximum atomic E-state index is 12.2. The molecule has 8 heteroatoms. The van der Waals surface area contributed by atoms with Crippen molar-refractivity contribution in [2.24, 2.45) is 5.73 Å². The van der Waals surface area contributed by atoms with E-state index >= 15 is 0 Å². The van der Waals surface area contributed by atoms with Crippen molar-refractivity contribution in [2.75, 3.05) is 6.61 Å². The Balaban J connectivity index is 0.00000324. The summed E-state index contributed by atoms with van der Waals surface area (Å²) in [4.78, 5) is 0. The van der Waals surface area contributed by atoms with Crippen LogP contribution in [0.25, 0.3) is 0 Å². The van der Waals surface area contributed by atoms with Crippen molar-refractivity contribution in [2.45, 2.75) is 25.2 Å². The Morgan fingerprint density at radius 2 is 2.00 bits per heavy atom. The number of aliphatic hydroxyl groups excluding tert-OH is 1. The summed E-state index contributed by atoms with van der Waals surface area (Å²) in [5, 5.41) is 8.70. The second-order valence-electron chi connectivity index (χ2n) is 3.70. The van der Waals surface area contributed by atoms with Crippen LogP contribution >= 0.6 is 28.3 Å². The molecule has 1 aromatic rings. The molecule has 0 spiro atoms. The molecule has 1 atom stereocenters. The molecule has 1 rings (SSSR count).